The van der Waals surface area contributed by atoms with E-state index in [-0.39, 0.29) is 23.8 Å². The number of aliphatic carboxylic acids is 1. The number of carboxylic acid groups (broad SMARTS) is 1. The molecular weight excluding hydrogens is 476 g/mol. The normalized spacial score (nSPS) is 12.9. The van der Waals surface area contributed by atoms with Crippen LogP contribution in [0.5, 0.6) is 0 Å². The van der Waals surface area contributed by atoms with Crippen molar-refractivity contribution in [2.24, 2.45) is 5.92 Å². The van der Waals surface area contributed by atoms with E-state index in [1.807, 2.05) is 45.0 Å². The summed E-state index contributed by atoms with van der Waals surface area (Å²) in [6.07, 6.45) is 2.41. The van der Waals surface area contributed by atoms with Gasteiger partial charge in [-0.2, -0.15) is 4.31 Å². The molecule has 0 saturated carbocycles. The molecular formula is C27H30N4O4S. The summed E-state index contributed by atoms with van der Waals surface area (Å²) in [5, 5.41) is 9.96. The van der Waals surface area contributed by atoms with Gasteiger partial charge in [0.15, 0.2) is 0 Å². The Morgan fingerprint density at radius 3 is 2.36 bits per heavy atom. The van der Waals surface area contributed by atoms with Gasteiger partial charge < -0.3 is 10.1 Å². The summed E-state index contributed by atoms with van der Waals surface area (Å²) < 4.78 is 28.6. The lowest BCUT2D eigenvalue weighted by molar-refractivity contribution is -0.142. The highest BCUT2D eigenvalue weighted by atomic mass is 32.2. The Morgan fingerprint density at radius 1 is 1.03 bits per heavy atom. The topological polar surface area (TPSA) is 116 Å². The number of nitrogens with zero attached hydrogens (tertiary/aromatic N) is 3. The van der Waals surface area contributed by atoms with Crippen LogP contribution in [0.1, 0.15) is 42.9 Å². The second kappa shape index (κ2) is 10.6. The molecule has 0 aliphatic heterocycles. The second-order valence-corrected chi connectivity index (χ2v) is 11.2. The van der Waals surface area contributed by atoms with Gasteiger partial charge in [0.05, 0.1) is 16.1 Å². The number of aromatic nitrogens is 3. The number of hydrogen-bond acceptors (Lipinski definition) is 5. The van der Waals surface area contributed by atoms with E-state index < -0.39 is 22.0 Å². The van der Waals surface area contributed by atoms with Crippen molar-refractivity contribution in [2.75, 3.05) is 0 Å². The minimum Gasteiger partial charge on any atom is -0.480 e. The molecule has 0 saturated heterocycles. The van der Waals surface area contributed by atoms with E-state index in [9.17, 15) is 18.3 Å². The number of pyridine rings is 1. The summed E-state index contributed by atoms with van der Waals surface area (Å²) in [6.45, 7) is 5.62. The van der Waals surface area contributed by atoms with Gasteiger partial charge in [-0.15, -0.1) is 0 Å². The number of nitrogens with one attached hydrogen (secondary N) is 1. The van der Waals surface area contributed by atoms with E-state index >= 15 is 0 Å². The first-order chi connectivity index (χ1) is 17.1. The van der Waals surface area contributed by atoms with Crippen LogP contribution in [0.4, 0.5) is 0 Å². The minimum atomic E-state index is -4.09. The summed E-state index contributed by atoms with van der Waals surface area (Å²) in [5.74, 6) is -0.357. The molecule has 0 aliphatic carbocycles. The molecule has 2 heterocycles. The van der Waals surface area contributed by atoms with E-state index in [2.05, 4.69) is 15.0 Å². The summed E-state index contributed by atoms with van der Waals surface area (Å²) in [7, 11) is -4.09. The molecule has 2 aromatic heterocycles. The quantitative estimate of drug-likeness (QED) is 0.326. The van der Waals surface area contributed by atoms with E-state index in [4.69, 9.17) is 0 Å². The molecule has 4 rings (SSSR count). The molecule has 1 atom stereocenters. The standard InChI is InChI=1S/C27H30N4O4S/c1-18(2)15-25(27(32)33)31(17-21-7-5-4-6-8-21)36(34,35)22-11-9-20(10-12-22)16-24-26-23(13-14-28-24)29-19(3)30-26/h4-14,18,25H,15-17H2,1-3H3,(H,29,30)(H,32,33)/t25-/m0/s1. The highest BCUT2D eigenvalue weighted by molar-refractivity contribution is 7.89. The van der Waals surface area contributed by atoms with Crippen molar-refractivity contribution in [3.05, 3.63) is 89.5 Å². The van der Waals surface area contributed by atoms with Crippen molar-refractivity contribution in [1.29, 1.82) is 0 Å². The van der Waals surface area contributed by atoms with Crippen LogP contribution in [0.25, 0.3) is 11.0 Å². The zero-order valence-electron chi connectivity index (χ0n) is 20.5. The molecule has 188 valence electrons. The molecule has 0 bridgehead atoms. The maximum absolute atomic E-state index is 13.7. The third-order valence-corrected chi connectivity index (χ3v) is 7.87. The van der Waals surface area contributed by atoms with Gasteiger partial charge in [-0.05, 0) is 48.6 Å². The Labute approximate surface area is 211 Å². The number of rotatable bonds is 10. The third-order valence-electron chi connectivity index (χ3n) is 6.01. The smallest absolute Gasteiger partial charge is 0.322 e. The first-order valence-corrected chi connectivity index (χ1v) is 13.3. The Hall–Kier alpha value is -3.56. The third kappa shape index (κ3) is 5.63. The van der Waals surface area contributed by atoms with E-state index in [1.165, 1.54) is 12.1 Å². The largest absolute Gasteiger partial charge is 0.480 e. The Bertz CT molecular complexity index is 1450. The van der Waals surface area contributed by atoms with Crippen molar-refractivity contribution in [2.45, 2.75) is 51.1 Å². The molecule has 9 heteroatoms. The SMILES string of the molecule is Cc1nc2c(Cc3ccc(S(=O)(=O)N(Cc4ccccc4)[C@@H](CC(C)C)C(=O)O)cc3)nccc2[nH]1. The number of carboxylic acids is 1. The highest BCUT2D eigenvalue weighted by Gasteiger charge is 2.36. The zero-order valence-corrected chi connectivity index (χ0v) is 21.4. The molecule has 4 aromatic rings. The molecule has 0 radical (unpaired) electrons. The number of fused-ring (bicyclic) bond motifs is 1. The highest BCUT2D eigenvalue weighted by Crippen LogP contribution is 2.26. The van der Waals surface area contributed by atoms with Crippen molar-refractivity contribution >= 4 is 27.0 Å². The number of aryl methyl sites for hydroxylation is 1. The minimum absolute atomic E-state index is 0.00263. The molecule has 0 amide bonds. The molecule has 36 heavy (non-hydrogen) atoms. The number of hydrogen-bond donors (Lipinski definition) is 2. The van der Waals surface area contributed by atoms with Gasteiger partial charge in [0, 0.05) is 19.2 Å². The number of imidazole rings is 1. The fourth-order valence-electron chi connectivity index (χ4n) is 4.26. The van der Waals surface area contributed by atoms with Gasteiger partial charge >= 0.3 is 5.97 Å². The van der Waals surface area contributed by atoms with Crippen LogP contribution in [0, 0.1) is 12.8 Å². The predicted octanol–water partition coefficient (Wildman–Crippen LogP) is 4.55. The number of aromatic amines is 1. The summed E-state index contributed by atoms with van der Waals surface area (Å²) >= 11 is 0. The lowest BCUT2D eigenvalue weighted by atomic mass is 10.0. The zero-order chi connectivity index (χ0) is 25.9. The fourth-order valence-corrected chi connectivity index (χ4v) is 5.85. The van der Waals surface area contributed by atoms with Crippen LogP contribution in [-0.4, -0.2) is 44.8 Å². The second-order valence-electron chi connectivity index (χ2n) is 9.32. The average molecular weight is 507 g/mol. The maximum atomic E-state index is 13.7. The Balaban J connectivity index is 1.65. The number of benzene rings is 2. The van der Waals surface area contributed by atoms with Crippen LogP contribution in [0.15, 0.2) is 71.8 Å². The van der Waals surface area contributed by atoms with Crippen LogP contribution < -0.4 is 0 Å². The number of carbonyl (C=O) groups is 1. The van der Waals surface area contributed by atoms with Crippen LogP contribution in [-0.2, 0) is 27.8 Å². The number of H-pyrrole nitrogens is 1. The van der Waals surface area contributed by atoms with Gasteiger partial charge in [-0.3, -0.25) is 9.78 Å². The average Bonchev–Trinajstić information content (AvgIpc) is 3.23. The lowest BCUT2D eigenvalue weighted by Gasteiger charge is -2.29. The molecule has 8 nitrogen and oxygen atoms in total. The summed E-state index contributed by atoms with van der Waals surface area (Å²) in [5.41, 5.74) is 4.08. The van der Waals surface area contributed by atoms with Crippen molar-refractivity contribution in [3.63, 3.8) is 0 Å². The summed E-state index contributed by atoms with van der Waals surface area (Å²) in [4.78, 5) is 24.4. The van der Waals surface area contributed by atoms with Crippen molar-refractivity contribution in [3.8, 4) is 0 Å². The molecule has 0 fully saturated rings. The van der Waals surface area contributed by atoms with Gasteiger partial charge in [-0.1, -0.05) is 56.3 Å². The monoisotopic (exact) mass is 506 g/mol. The maximum Gasteiger partial charge on any atom is 0.322 e. The molecule has 0 unspecified atom stereocenters. The molecule has 2 N–H and O–H groups in total. The van der Waals surface area contributed by atoms with Gasteiger partial charge in [0.25, 0.3) is 0 Å². The van der Waals surface area contributed by atoms with E-state index in [0.717, 1.165) is 38.0 Å². The Morgan fingerprint density at radius 2 is 1.72 bits per heavy atom. The first-order valence-electron chi connectivity index (χ1n) is 11.8. The molecule has 0 spiro atoms. The van der Waals surface area contributed by atoms with E-state index in [0.29, 0.717) is 6.42 Å². The van der Waals surface area contributed by atoms with Crippen LogP contribution in [0.3, 0.4) is 0 Å². The molecule has 0 aliphatic rings. The Kier molecular flexibility index (Phi) is 7.51. The van der Waals surface area contributed by atoms with Gasteiger partial charge in [0.2, 0.25) is 10.0 Å². The fraction of sp³-hybridized carbons (Fsp3) is 0.296. The van der Waals surface area contributed by atoms with Gasteiger partial charge in [0.1, 0.15) is 17.4 Å². The predicted molar refractivity (Wildman–Crippen MR) is 138 cm³/mol. The van der Waals surface area contributed by atoms with Gasteiger partial charge in [-0.25, -0.2) is 13.4 Å². The van der Waals surface area contributed by atoms with Crippen LogP contribution in [0.2, 0.25) is 0 Å². The molecule has 2 aromatic carbocycles. The first kappa shape index (κ1) is 25.5. The van der Waals surface area contributed by atoms with Crippen molar-refractivity contribution < 1.29 is 18.3 Å². The van der Waals surface area contributed by atoms with E-state index in [1.54, 1.807) is 30.5 Å². The lowest BCUT2D eigenvalue weighted by Crippen LogP contribution is -2.45. The van der Waals surface area contributed by atoms with Crippen LogP contribution >= 0.6 is 0 Å². The van der Waals surface area contributed by atoms with Crippen molar-refractivity contribution in [1.82, 2.24) is 19.3 Å². The summed E-state index contributed by atoms with van der Waals surface area (Å²) in [6, 6.07) is 16.3. The number of sulfonamides is 1.